The van der Waals surface area contributed by atoms with Crippen molar-refractivity contribution in [3.05, 3.63) is 100 Å². The molecule has 0 unspecified atom stereocenters. The Labute approximate surface area is 207 Å². The Bertz CT molecular complexity index is 1340. The van der Waals surface area contributed by atoms with Crippen molar-refractivity contribution >= 4 is 55.5 Å². The number of carbonyl (C=O) groups is 2. The van der Waals surface area contributed by atoms with Gasteiger partial charge >= 0.3 is 11.9 Å². The van der Waals surface area contributed by atoms with E-state index in [-0.39, 0.29) is 11.9 Å². The van der Waals surface area contributed by atoms with E-state index in [1.54, 1.807) is 13.2 Å². The molecule has 34 heavy (non-hydrogen) atoms. The van der Waals surface area contributed by atoms with Gasteiger partial charge in [0.15, 0.2) is 0 Å². The lowest BCUT2D eigenvalue weighted by Crippen LogP contribution is -2.02. The van der Waals surface area contributed by atoms with Crippen molar-refractivity contribution in [2.24, 2.45) is 0 Å². The van der Waals surface area contributed by atoms with Crippen LogP contribution in [-0.4, -0.2) is 39.9 Å². The molecule has 0 radical (unpaired) electrons. The average Bonchev–Trinajstić information content (AvgIpc) is 2.87. The van der Waals surface area contributed by atoms with Crippen LogP contribution in [-0.2, 0) is 14.2 Å². The normalized spacial score (nSPS) is 10.7. The van der Waals surface area contributed by atoms with Crippen LogP contribution in [0.1, 0.15) is 26.3 Å². The first-order chi connectivity index (χ1) is 16.5. The van der Waals surface area contributed by atoms with Gasteiger partial charge in [-0.05, 0) is 51.4 Å². The van der Waals surface area contributed by atoms with Gasteiger partial charge in [-0.2, -0.15) is 0 Å². The monoisotopic (exact) mass is 520 g/mol. The highest BCUT2D eigenvalue weighted by Gasteiger charge is 2.11. The van der Waals surface area contributed by atoms with E-state index in [4.69, 9.17) is 14.2 Å². The molecule has 0 aliphatic carbocycles. The Morgan fingerprint density at radius 1 is 0.765 bits per heavy atom. The molecule has 0 amide bonds. The fraction of sp³-hybridized carbons (Fsp3) is 0.143. The molecule has 0 fully saturated rings. The van der Waals surface area contributed by atoms with Crippen LogP contribution in [0.15, 0.2) is 83.3 Å². The molecule has 4 rings (SSSR count). The highest BCUT2D eigenvalue weighted by molar-refractivity contribution is 9.10. The third-order valence-electron chi connectivity index (χ3n) is 5.09. The predicted molar refractivity (Wildman–Crippen MR) is 139 cm³/mol. The van der Waals surface area contributed by atoms with E-state index in [9.17, 15) is 9.59 Å². The molecule has 6 heteroatoms. The SMILES string of the molecule is COC(=O)c1cc(Br)cc2ccccc12.COC/C=C/c1cc(C(=O)OC)c2ccccc2c1. The predicted octanol–water partition coefficient (Wildman–Crippen LogP) is 6.67. The molecule has 5 nitrogen and oxygen atoms in total. The minimum absolute atomic E-state index is 0.312. The van der Waals surface area contributed by atoms with Crippen molar-refractivity contribution in [1.29, 1.82) is 0 Å². The highest BCUT2D eigenvalue weighted by atomic mass is 79.9. The van der Waals surface area contributed by atoms with Crippen molar-refractivity contribution in [3.63, 3.8) is 0 Å². The van der Waals surface area contributed by atoms with Crippen LogP contribution in [0, 0.1) is 0 Å². The van der Waals surface area contributed by atoms with Crippen LogP contribution in [0.2, 0.25) is 0 Å². The zero-order valence-corrected chi connectivity index (χ0v) is 20.8. The van der Waals surface area contributed by atoms with Crippen LogP contribution in [0.4, 0.5) is 0 Å². The maximum Gasteiger partial charge on any atom is 0.338 e. The van der Waals surface area contributed by atoms with Gasteiger partial charge in [-0.25, -0.2) is 9.59 Å². The molecule has 4 aromatic carbocycles. The molecule has 0 bridgehead atoms. The van der Waals surface area contributed by atoms with Crippen molar-refractivity contribution < 1.29 is 23.8 Å². The second-order valence-corrected chi connectivity index (χ2v) is 8.22. The maximum atomic E-state index is 11.8. The molecule has 0 saturated carbocycles. The lowest BCUT2D eigenvalue weighted by Gasteiger charge is -2.06. The summed E-state index contributed by atoms with van der Waals surface area (Å²) >= 11 is 3.37. The van der Waals surface area contributed by atoms with Crippen molar-refractivity contribution in [1.82, 2.24) is 0 Å². The quantitative estimate of drug-likeness (QED) is 0.275. The summed E-state index contributed by atoms with van der Waals surface area (Å²) in [5.41, 5.74) is 2.12. The third kappa shape index (κ3) is 6.10. The van der Waals surface area contributed by atoms with Crippen LogP contribution in [0.5, 0.6) is 0 Å². The number of esters is 2. The summed E-state index contributed by atoms with van der Waals surface area (Å²) in [6.07, 6.45) is 3.84. The first-order valence-electron chi connectivity index (χ1n) is 10.5. The molecule has 0 N–H and O–H groups in total. The first kappa shape index (κ1) is 25.1. The molecule has 0 aliphatic rings. The summed E-state index contributed by atoms with van der Waals surface area (Å²) in [6, 6.07) is 23.1. The van der Waals surface area contributed by atoms with Crippen LogP contribution >= 0.6 is 15.9 Å². The van der Waals surface area contributed by atoms with E-state index < -0.39 is 0 Å². The molecule has 0 aromatic heterocycles. The van der Waals surface area contributed by atoms with Gasteiger partial charge in [0.1, 0.15) is 0 Å². The summed E-state index contributed by atoms with van der Waals surface area (Å²) in [7, 11) is 4.42. The second-order valence-electron chi connectivity index (χ2n) is 7.30. The largest absolute Gasteiger partial charge is 0.465 e. The Kier molecular flexibility index (Phi) is 8.96. The molecule has 4 aromatic rings. The number of hydrogen-bond acceptors (Lipinski definition) is 5. The third-order valence-corrected chi connectivity index (χ3v) is 5.55. The van der Waals surface area contributed by atoms with Gasteiger partial charge in [0.2, 0.25) is 0 Å². The smallest absolute Gasteiger partial charge is 0.338 e. The fourth-order valence-electron chi connectivity index (χ4n) is 3.54. The van der Waals surface area contributed by atoms with Crippen LogP contribution in [0.25, 0.3) is 27.6 Å². The number of halogens is 1. The van der Waals surface area contributed by atoms with E-state index in [2.05, 4.69) is 15.9 Å². The molecule has 0 atom stereocenters. The fourth-order valence-corrected chi connectivity index (χ4v) is 4.02. The number of ether oxygens (including phenoxy) is 3. The van der Waals surface area contributed by atoms with Gasteiger partial charge in [0, 0.05) is 11.6 Å². The Morgan fingerprint density at radius 3 is 1.85 bits per heavy atom. The number of carbonyl (C=O) groups excluding carboxylic acids is 2. The average molecular weight is 521 g/mol. The first-order valence-corrected chi connectivity index (χ1v) is 11.3. The number of methoxy groups -OCH3 is 3. The van der Waals surface area contributed by atoms with Crippen molar-refractivity contribution in [3.8, 4) is 0 Å². The van der Waals surface area contributed by atoms with E-state index in [1.165, 1.54) is 14.2 Å². The summed E-state index contributed by atoms with van der Waals surface area (Å²) in [5.74, 6) is -0.634. The van der Waals surface area contributed by atoms with E-state index in [0.29, 0.717) is 17.7 Å². The summed E-state index contributed by atoms with van der Waals surface area (Å²) in [5, 5.41) is 3.85. The van der Waals surface area contributed by atoms with Gasteiger partial charge in [-0.1, -0.05) is 76.6 Å². The van der Waals surface area contributed by atoms with Crippen LogP contribution < -0.4 is 0 Å². The Morgan fingerprint density at radius 2 is 1.29 bits per heavy atom. The minimum Gasteiger partial charge on any atom is -0.465 e. The zero-order valence-electron chi connectivity index (χ0n) is 19.2. The van der Waals surface area contributed by atoms with E-state index >= 15 is 0 Å². The van der Waals surface area contributed by atoms with E-state index in [1.807, 2.05) is 78.9 Å². The molecule has 0 heterocycles. The molecular weight excluding hydrogens is 496 g/mol. The van der Waals surface area contributed by atoms with Gasteiger partial charge in [-0.15, -0.1) is 0 Å². The van der Waals surface area contributed by atoms with Gasteiger partial charge in [-0.3, -0.25) is 0 Å². The molecular formula is C28H25BrO5. The minimum atomic E-state index is -0.321. The summed E-state index contributed by atoms with van der Waals surface area (Å²) in [6.45, 7) is 0.542. The van der Waals surface area contributed by atoms with Gasteiger partial charge in [0.25, 0.3) is 0 Å². The van der Waals surface area contributed by atoms with Crippen LogP contribution in [0.3, 0.4) is 0 Å². The summed E-state index contributed by atoms with van der Waals surface area (Å²) < 4.78 is 15.4. The second kappa shape index (κ2) is 12.1. The zero-order chi connectivity index (χ0) is 24.5. The highest BCUT2D eigenvalue weighted by Crippen LogP contribution is 2.25. The Hall–Kier alpha value is -3.48. The van der Waals surface area contributed by atoms with Gasteiger partial charge < -0.3 is 14.2 Å². The topological polar surface area (TPSA) is 61.8 Å². The Balaban J connectivity index is 0.000000196. The molecule has 0 aliphatic heterocycles. The molecule has 0 spiro atoms. The number of rotatable bonds is 5. The lowest BCUT2D eigenvalue weighted by atomic mass is 10.0. The standard InChI is InChI=1S/C16H16O3.C12H9BrO2/c1-18-9-5-6-12-10-13-7-3-4-8-14(13)15(11-12)16(17)19-2;1-15-12(14)11-7-9(13)6-8-4-2-3-5-10(8)11/h3-8,10-11H,9H2,1-2H3;2-7H,1H3/b6-5+;. The maximum absolute atomic E-state index is 11.8. The summed E-state index contributed by atoms with van der Waals surface area (Å²) in [4.78, 5) is 23.4. The molecule has 174 valence electrons. The van der Waals surface area contributed by atoms with Gasteiger partial charge in [0.05, 0.1) is 32.0 Å². The number of hydrogen-bond donors (Lipinski definition) is 0. The van der Waals surface area contributed by atoms with Crippen molar-refractivity contribution in [2.75, 3.05) is 27.9 Å². The van der Waals surface area contributed by atoms with Crippen molar-refractivity contribution in [2.45, 2.75) is 0 Å². The lowest BCUT2D eigenvalue weighted by molar-refractivity contribution is 0.0594. The molecule has 0 saturated heterocycles. The number of benzene rings is 4. The number of fused-ring (bicyclic) bond motifs is 2. The van der Waals surface area contributed by atoms with E-state index in [0.717, 1.165) is 31.6 Å².